The van der Waals surface area contributed by atoms with Gasteiger partial charge < -0.3 is 19.6 Å². The molecular weight excluding hydrogens is 568 g/mol. The molecule has 1 aliphatic carbocycles. The smallest absolute Gasteiger partial charge is 0.310 e. The fraction of sp³-hybridized carbons (Fsp3) is 0.759. The van der Waals surface area contributed by atoms with Gasteiger partial charge in [-0.25, -0.2) is 0 Å². The van der Waals surface area contributed by atoms with E-state index in [1.54, 1.807) is 28.8 Å². The monoisotopic (exact) mass is 610 g/mol. The van der Waals surface area contributed by atoms with Crippen molar-refractivity contribution < 1.29 is 24.2 Å². The van der Waals surface area contributed by atoms with Gasteiger partial charge in [-0.3, -0.25) is 14.4 Å². The Bertz CT molecular complexity index is 925. The third-order valence-corrected chi connectivity index (χ3v) is 12.0. The lowest BCUT2D eigenvalue weighted by Crippen LogP contribution is -2.59. The molecule has 9 heteroatoms. The van der Waals surface area contributed by atoms with E-state index in [0.29, 0.717) is 25.8 Å². The molecule has 3 aliphatic heterocycles. The zero-order chi connectivity index (χ0) is 27.6. The second kappa shape index (κ2) is 12.5. The Labute approximate surface area is 239 Å². The number of likely N-dealkylation sites (tertiary alicyclic amines) is 1. The van der Waals surface area contributed by atoms with Crippen LogP contribution in [-0.4, -0.2) is 85.4 Å². The molecule has 0 aromatic carbocycles. The summed E-state index contributed by atoms with van der Waals surface area (Å²) in [4.78, 5) is 46.0. The van der Waals surface area contributed by atoms with Crippen LogP contribution in [0.2, 0.25) is 0 Å². The summed E-state index contributed by atoms with van der Waals surface area (Å²) < 4.78 is 4.87. The van der Waals surface area contributed by atoms with Gasteiger partial charge in [0.25, 0.3) is 0 Å². The third-order valence-electron chi connectivity index (χ3n) is 8.77. The lowest BCUT2D eigenvalue weighted by atomic mass is 9.71. The summed E-state index contributed by atoms with van der Waals surface area (Å²) in [6.45, 7) is 12.2. The molecular formula is C29H43BrN2O5S. The summed E-state index contributed by atoms with van der Waals surface area (Å²) in [5.41, 5.74) is 0. The number of fused-ring (bicyclic) bond motifs is 1. The second-order valence-electron chi connectivity index (χ2n) is 11.7. The molecule has 0 aromatic heterocycles. The molecule has 0 aromatic rings. The molecule has 2 amide bonds. The molecule has 3 unspecified atom stereocenters. The summed E-state index contributed by atoms with van der Waals surface area (Å²) in [5, 5.41) is 10.4. The van der Waals surface area contributed by atoms with Gasteiger partial charge in [-0.15, -0.1) is 24.9 Å². The zero-order valence-electron chi connectivity index (χ0n) is 22.7. The van der Waals surface area contributed by atoms with E-state index in [1.807, 2.05) is 4.90 Å². The summed E-state index contributed by atoms with van der Waals surface area (Å²) in [5.74, 6) is -1.68. The molecule has 212 valence electrons. The maximum Gasteiger partial charge on any atom is 0.310 e. The van der Waals surface area contributed by atoms with Crippen LogP contribution in [0.1, 0.15) is 65.2 Å². The number of rotatable bonds is 12. The maximum atomic E-state index is 14.7. The highest BCUT2D eigenvalue weighted by molar-refractivity contribution is 9.09. The molecule has 38 heavy (non-hydrogen) atoms. The van der Waals surface area contributed by atoms with Crippen LogP contribution in [0.15, 0.2) is 25.3 Å². The molecule has 3 saturated heterocycles. The summed E-state index contributed by atoms with van der Waals surface area (Å²) in [6, 6.07) is -1.11. The van der Waals surface area contributed by atoms with Crippen molar-refractivity contribution in [2.45, 2.75) is 98.2 Å². The van der Waals surface area contributed by atoms with Crippen molar-refractivity contribution >= 4 is 45.5 Å². The van der Waals surface area contributed by atoms with Crippen molar-refractivity contribution in [1.29, 1.82) is 0 Å². The number of nitrogens with zero attached hydrogens (tertiary/aromatic N) is 2. The Morgan fingerprint density at radius 1 is 1.26 bits per heavy atom. The van der Waals surface area contributed by atoms with Crippen LogP contribution >= 0.6 is 27.7 Å². The Balaban J connectivity index is 1.76. The highest BCUT2D eigenvalue weighted by Gasteiger charge is 2.76. The fourth-order valence-corrected chi connectivity index (χ4v) is 10.9. The number of amides is 2. The normalized spacial score (nSPS) is 33.3. The molecule has 0 radical (unpaired) electrons. The first-order valence-electron chi connectivity index (χ1n) is 14.2. The van der Waals surface area contributed by atoms with Crippen molar-refractivity contribution in [2.75, 3.05) is 19.8 Å². The summed E-state index contributed by atoms with van der Waals surface area (Å²) >= 11 is 5.43. The largest absolute Gasteiger partial charge is 0.465 e. The number of alkyl halides is 1. The number of ether oxygens (including phenoxy) is 1. The summed E-state index contributed by atoms with van der Waals surface area (Å²) in [7, 11) is 0. The van der Waals surface area contributed by atoms with Crippen LogP contribution in [-0.2, 0) is 19.1 Å². The van der Waals surface area contributed by atoms with Crippen molar-refractivity contribution in [3.8, 4) is 0 Å². The van der Waals surface area contributed by atoms with Gasteiger partial charge in [-0.2, -0.15) is 0 Å². The van der Waals surface area contributed by atoms with E-state index in [9.17, 15) is 19.5 Å². The van der Waals surface area contributed by atoms with Crippen LogP contribution < -0.4 is 0 Å². The Hall–Kier alpha value is -1.32. The standard InChI is InChI=1S/C29H43BrN2O5S/c1-5-7-14-37-28(36)22-23-26(34)32(20(17-33)15-18(3)4)25(29(23)16-21(30)24(22)38-29)27(35)31(13-6-2)19-11-9-8-10-12-19/h5-6,18-25,33H,1-2,7-17H2,3-4H3/t20-,21?,22+,23+,24+,25?,29?/m1/s1. The molecule has 2 bridgehead atoms. The third kappa shape index (κ3) is 5.24. The van der Waals surface area contributed by atoms with Crippen molar-refractivity contribution in [3.63, 3.8) is 0 Å². The molecule has 4 rings (SSSR count). The first-order valence-corrected chi connectivity index (χ1v) is 15.9. The van der Waals surface area contributed by atoms with Crippen LogP contribution in [0, 0.1) is 17.8 Å². The molecule has 4 aliphatic rings. The van der Waals surface area contributed by atoms with Crippen LogP contribution in [0.5, 0.6) is 0 Å². The van der Waals surface area contributed by atoms with E-state index in [-0.39, 0.29) is 53.0 Å². The highest BCUT2D eigenvalue weighted by Crippen LogP contribution is 2.68. The van der Waals surface area contributed by atoms with Crippen molar-refractivity contribution in [2.24, 2.45) is 17.8 Å². The van der Waals surface area contributed by atoms with Crippen LogP contribution in [0.25, 0.3) is 0 Å². The van der Waals surface area contributed by atoms with Gasteiger partial charge in [0.05, 0.1) is 35.8 Å². The topological polar surface area (TPSA) is 87.1 Å². The Morgan fingerprint density at radius 2 is 1.97 bits per heavy atom. The zero-order valence-corrected chi connectivity index (χ0v) is 25.1. The number of carbonyl (C=O) groups excluding carboxylic acids is 3. The molecule has 1 N–H and O–H groups in total. The SMILES string of the molecule is C=CCCOC(=O)[C@H]1[C@H]2C(=O)N([C@@H](CO)CC(C)C)C(C(=O)N(CC=C)C3CCCCC3)C23CC(Br)[C@@H]1S3. The molecule has 3 heterocycles. The predicted octanol–water partition coefficient (Wildman–Crippen LogP) is 4.32. The molecule has 4 fully saturated rings. The van der Waals surface area contributed by atoms with Gasteiger partial charge in [0, 0.05) is 22.7 Å². The first-order chi connectivity index (χ1) is 18.2. The number of carbonyl (C=O) groups is 3. The average molecular weight is 612 g/mol. The summed E-state index contributed by atoms with van der Waals surface area (Å²) in [6.07, 6.45) is 10.4. The number of aliphatic hydroxyl groups is 1. The van der Waals surface area contributed by atoms with Gasteiger partial charge in [-0.1, -0.05) is 61.2 Å². The van der Waals surface area contributed by atoms with E-state index in [4.69, 9.17) is 4.74 Å². The van der Waals surface area contributed by atoms with E-state index in [2.05, 4.69) is 42.9 Å². The van der Waals surface area contributed by atoms with Gasteiger partial charge in [0.15, 0.2) is 0 Å². The quantitative estimate of drug-likeness (QED) is 0.153. The number of halogens is 1. The minimum atomic E-state index is -0.742. The molecule has 1 spiro atoms. The number of aliphatic hydroxyl groups excluding tert-OH is 1. The minimum Gasteiger partial charge on any atom is -0.465 e. The molecule has 7 nitrogen and oxygen atoms in total. The number of hydrogen-bond donors (Lipinski definition) is 1. The van der Waals surface area contributed by atoms with Crippen molar-refractivity contribution in [1.82, 2.24) is 9.80 Å². The lowest BCUT2D eigenvalue weighted by Gasteiger charge is -2.43. The first kappa shape index (κ1) is 29.7. The Morgan fingerprint density at radius 3 is 2.58 bits per heavy atom. The van der Waals surface area contributed by atoms with Gasteiger partial charge >= 0.3 is 5.97 Å². The molecule has 1 saturated carbocycles. The van der Waals surface area contributed by atoms with E-state index in [0.717, 1.165) is 25.7 Å². The van der Waals surface area contributed by atoms with Crippen LogP contribution in [0.4, 0.5) is 0 Å². The van der Waals surface area contributed by atoms with Gasteiger partial charge in [0.2, 0.25) is 11.8 Å². The number of esters is 1. The second-order valence-corrected chi connectivity index (χ2v) is 14.4. The van der Waals surface area contributed by atoms with Gasteiger partial charge in [0.1, 0.15) is 6.04 Å². The van der Waals surface area contributed by atoms with Crippen molar-refractivity contribution in [3.05, 3.63) is 25.3 Å². The lowest BCUT2D eigenvalue weighted by molar-refractivity contribution is -0.154. The predicted molar refractivity (Wildman–Crippen MR) is 154 cm³/mol. The maximum absolute atomic E-state index is 14.7. The Kier molecular flexibility index (Phi) is 9.73. The number of hydrogen-bond acceptors (Lipinski definition) is 6. The van der Waals surface area contributed by atoms with E-state index < -0.39 is 28.7 Å². The van der Waals surface area contributed by atoms with Gasteiger partial charge in [-0.05, 0) is 38.0 Å². The fourth-order valence-electron chi connectivity index (χ4n) is 7.28. The average Bonchev–Trinajstić information content (AvgIpc) is 3.49. The minimum absolute atomic E-state index is 0.0102. The molecule has 7 atom stereocenters. The highest BCUT2D eigenvalue weighted by atomic mass is 79.9. The van der Waals surface area contributed by atoms with E-state index in [1.165, 1.54) is 6.42 Å². The number of thioether (sulfide) groups is 1. The van der Waals surface area contributed by atoms with Crippen LogP contribution in [0.3, 0.4) is 0 Å². The van der Waals surface area contributed by atoms with E-state index >= 15 is 0 Å².